The highest BCUT2D eigenvalue weighted by molar-refractivity contribution is 7.98. The van der Waals surface area contributed by atoms with Crippen LogP contribution < -0.4 is 24.4 Å². The number of hydrogen-bond donors (Lipinski definition) is 0. The van der Waals surface area contributed by atoms with Gasteiger partial charge in [0.2, 0.25) is 0 Å². The zero-order valence-corrected chi connectivity index (χ0v) is 30.2. The first-order valence-electron chi connectivity index (χ1n) is 16.3. The van der Waals surface area contributed by atoms with Crippen molar-refractivity contribution in [2.24, 2.45) is 4.99 Å². The van der Waals surface area contributed by atoms with E-state index in [0.717, 1.165) is 21.6 Å². The fourth-order valence-corrected chi connectivity index (χ4v) is 7.15. The van der Waals surface area contributed by atoms with Gasteiger partial charge >= 0.3 is 11.9 Å². The number of benzene rings is 4. The molecular formula is C40H36N2O7S2. The van der Waals surface area contributed by atoms with Gasteiger partial charge in [0.1, 0.15) is 6.61 Å². The zero-order valence-electron chi connectivity index (χ0n) is 28.6. The normalized spacial score (nSPS) is 14.0. The van der Waals surface area contributed by atoms with E-state index in [9.17, 15) is 14.4 Å². The maximum Gasteiger partial charge on any atom is 0.338 e. The van der Waals surface area contributed by atoms with Gasteiger partial charge in [0.05, 0.1) is 47.7 Å². The Hall–Kier alpha value is -5.39. The third-order valence-electron chi connectivity index (χ3n) is 8.17. The van der Waals surface area contributed by atoms with Crippen molar-refractivity contribution in [3.63, 3.8) is 0 Å². The number of rotatable bonds is 12. The number of thioether (sulfide) groups is 1. The smallest absolute Gasteiger partial charge is 0.338 e. The van der Waals surface area contributed by atoms with Gasteiger partial charge in [-0.05, 0) is 67.6 Å². The van der Waals surface area contributed by atoms with Gasteiger partial charge in [-0.15, -0.1) is 11.8 Å². The van der Waals surface area contributed by atoms with Crippen molar-refractivity contribution in [1.82, 2.24) is 4.57 Å². The minimum absolute atomic E-state index is 0.168. The summed E-state index contributed by atoms with van der Waals surface area (Å²) in [4.78, 5) is 46.8. The second kappa shape index (κ2) is 16.1. The molecule has 1 aliphatic heterocycles. The lowest BCUT2D eigenvalue weighted by atomic mass is 9.93. The predicted octanol–water partition coefficient (Wildman–Crippen LogP) is 6.42. The van der Waals surface area contributed by atoms with Gasteiger partial charge in [-0.25, -0.2) is 14.6 Å². The first kappa shape index (κ1) is 35.4. The topological polar surface area (TPSA) is 105 Å². The lowest BCUT2D eigenvalue weighted by molar-refractivity contribution is -0.138. The van der Waals surface area contributed by atoms with Crippen molar-refractivity contribution < 1.29 is 28.5 Å². The van der Waals surface area contributed by atoms with E-state index in [1.807, 2.05) is 73.0 Å². The van der Waals surface area contributed by atoms with Crippen LogP contribution in [0, 0.1) is 0 Å². The highest BCUT2D eigenvalue weighted by atomic mass is 32.2. The molecule has 2 heterocycles. The van der Waals surface area contributed by atoms with E-state index in [1.165, 1.54) is 11.3 Å². The van der Waals surface area contributed by atoms with Gasteiger partial charge in [-0.1, -0.05) is 78.1 Å². The molecule has 1 atom stereocenters. The van der Waals surface area contributed by atoms with Gasteiger partial charge in [0.25, 0.3) is 5.56 Å². The van der Waals surface area contributed by atoms with Gasteiger partial charge in [-0.3, -0.25) is 9.36 Å². The average molecular weight is 721 g/mol. The number of carbonyl (C=O) groups is 2. The van der Waals surface area contributed by atoms with E-state index < -0.39 is 12.0 Å². The molecule has 1 aromatic heterocycles. The number of thiazole rings is 1. The SMILES string of the molecule is CCOC(=O)C1=C(c2ccccc2)N=c2s/c(=C\c3cccc(OC)c3OCc3ccc(C(=O)OCC)cc3)c(=O)n2[C@H]1c1ccc(SC)cc1. The second-order valence-corrected chi connectivity index (χ2v) is 13.2. The third-order valence-corrected chi connectivity index (χ3v) is 9.90. The Morgan fingerprint density at radius 1 is 0.882 bits per heavy atom. The van der Waals surface area contributed by atoms with Gasteiger partial charge < -0.3 is 18.9 Å². The Morgan fingerprint density at radius 2 is 1.59 bits per heavy atom. The molecule has 51 heavy (non-hydrogen) atoms. The largest absolute Gasteiger partial charge is 0.493 e. The fourth-order valence-electron chi connectivity index (χ4n) is 5.75. The van der Waals surface area contributed by atoms with E-state index in [4.69, 9.17) is 23.9 Å². The molecule has 0 N–H and O–H groups in total. The number of aromatic nitrogens is 1. The van der Waals surface area contributed by atoms with Crippen LogP contribution in [0.4, 0.5) is 0 Å². The molecule has 0 saturated heterocycles. The molecule has 0 aliphatic carbocycles. The van der Waals surface area contributed by atoms with E-state index in [1.54, 1.807) is 73.7 Å². The van der Waals surface area contributed by atoms with E-state index in [0.29, 0.717) is 49.8 Å². The molecule has 11 heteroatoms. The summed E-state index contributed by atoms with van der Waals surface area (Å²) in [5, 5.41) is 0. The van der Waals surface area contributed by atoms with Crippen LogP contribution >= 0.6 is 23.1 Å². The summed E-state index contributed by atoms with van der Waals surface area (Å²) in [6.45, 7) is 4.16. The van der Waals surface area contributed by atoms with Gasteiger partial charge in [0, 0.05) is 16.0 Å². The minimum atomic E-state index is -0.785. The number of esters is 2. The predicted molar refractivity (Wildman–Crippen MR) is 199 cm³/mol. The highest BCUT2D eigenvalue weighted by Gasteiger charge is 2.35. The molecule has 0 saturated carbocycles. The van der Waals surface area contributed by atoms with Gasteiger partial charge in [-0.2, -0.15) is 0 Å². The van der Waals surface area contributed by atoms with Crippen molar-refractivity contribution in [2.75, 3.05) is 26.6 Å². The van der Waals surface area contributed by atoms with Crippen LogP contribution in [0.3, 0.4) is 0 Å². The Bertz CT molecular complexity index is 2260. The molecule has 0 unspecified atom stereocenters. The van der Waals surface area contributed by atoms with Gasteiger partial charge in [0.15, 0.2) is 16.3 Å². The highest BCUT2D eigenvalue weighted by Crippen LogP contribution is 2.36. The Labute approximate surface area is 303 Å². The van der Waals surface area contributed by atoms with Crippen LogP contribution in [0.2, 0.25) is 0 Å². The third kappa shape index (κ3) is 7.54. The lowest BCUT2D eigenvalue weighted by Gasteiger charge is -2.26. The van der Waals surface area contributed by atoms with Crippen molar-refractivity contribution in [3.8, 4) is 11.5 Å². The Morgan fingerprint density at radius 3 is 2.25 bits per heavy atom. The van der Waals surface area contributed by atoms with E-state index in [-0.39, 0.29) is 24.7 Å². The standard InChI is InChI=1S/C40H36N2O7S2/c1-5-47-38(44)28-17-15-25(16-18-28)24-49-36-29(13-10-14-31(36)46-3)23-32-37(43)42-35(27-19-21-30(50-4)22-20-27)33(39(45)48-6-2)34(41-40(42)51-32)26-11-8-7-9-12-26/h7-23,35H,5-6,24H2,1-4H3/b32-23-/t35-/m0/s1. The molecule has 260 valence electrons. The number of fused-ring (bicyclic) bond motifs is 1. The number of hydrogen-bond acceptors (Lipinski definition) is 10. The Balaban J connectivity index is 1.47. The summed E-state index contributed by atoms with van der Waals surface area (Å²) >= 11 is 2.84. The molecule has 0 bridgehead atoms. The quantitative estimate of drug-likeness (QED) is 0.107. The zero-order chi connectivity index (χ0) is 35.9. The van der Waals surface area contributed by atoms with Crippen molar-refractivity contribution in [3.05, 3.63) is 150 Å². The van der Waals surface area contributed by atoms with Crippen molar-refractivity contribution >= 4 is 46.8 Å². The van der Waals surface area contributed by atoms with Crippen LogP contribution in [0.1, 0.15) is 52.5 Å². The molecule has 0 spiro atoms. The van der Waals surface area contributed by atoms with Crippen LogP contribution in [-0.4, -0.2) is 43.1 Å². The molecule has 9 nitrogen and oxygen atoms in total. The number of nitrogens with zero attached hydrogens (tertiary/aromatic N) is 2. The van der Waals surface area contributed by atoms with Crippen LogP contribution in [0.15, 0.2) is 117 Å². The van der Waals surface area contributed by atoms with Crippen molar-refractivity contribution in [2.45, 2.75) is 31.4 Å². The maximum absolute atomic E-state index is 14.5. The minimum Gasteiger partial charge on any atom is -0.493 e. The maximum atomic E-state index is 14.5. The average Bonchev–Trinajstić information content (AvgIpc) is 3.48. The summed E-state index contributed by atoms with van der Waals surface area (Å²) in [5.74, 6) is 0.0131. The molecule has 0 radical (unpaired) electrons. The lowest BCUT2D eigenvalue weighted by Crippen LogP contribution is -2.40. The number of methoxy groups -OCH3 is 1. The van der Waals surface area contributed by atoms with E-state index >= 15 is 0 Å². The van der Waals surface area contributed by atoms with Crippen LogP contribution in [0.5, 0.6) is 11.5 Å². The number of carbonyl (C=O) groups excluding carboxylic acids is 2. The first-order valence-corrected chi connectivity index (χ1v) is 18.4. The van der Waals surface area contributed by atoms with Crippen LogP contribution in [-0.2, 0) is 20.9 Å². The number of ether oxygens (including phenoxy) is 4. The fraction of sp³-hybridized carbons (Fsp3) is 0.200. The van der Waals surface area contributed by atoms with Crippen molar-refractivity contribution in [1.29, 1.82) is 0 Å². The Kier molecular flexibility index (Phi) is 11.2. The summed E-state index contributed by atoms with van der Waals surface area (Å²) in [7, 11) is 1.55. The second-order valence-electron chi connectivity index (χ2n) is 11.3. The first-order chi connectivity index (χ1) is 24.9. The molecule has 0 fully saturated rings. The molecular weight excluding hydrogens is 685 g/mol. The summed E-state index contributed by atoms with van der Waals surface area (Å²) < 4.78 is 24.6. The molecule has 4 aromatic carbocycles. The summed E-state index contributed by atoms with van der Waals surface area (Å²) in [5.41, 5.74) is 3.83. The molecule has 6 rings (SSSR count). The summed E-state index contributed by atoms with van der Waals surface area (Å²) in [6.07, 6.45) is 3.75. The molecule has 1 aliphatic rings. The molecule has 0 amide bonds. The monoisotopic (exact) mass is 720 g/mol. The molecule has 5 aromatic rings. The van der Waals surface area contributed by atoms with E-state index in [2.05, 4.69) is 0 Å². The number of para-hydroxylation sites is 1. The summed E-state index contributed by atoms with van der Waals surface area (Å²) in [6, 6.07) is 29.0. The van der Waals surface area contributed by atoms with Crippen LogP contribution in [0.25, 0.3) is 11.8 Å².